The monoisotopic (exact) mass is 499 g/mol. The Morgan fingerprint density at radius 1 is 0.564 bits per heavy atom. The molecule has 0 aliphatic heterocycles. The SMILES string of the molecule is [C-]#[N+]c1ccc(-c2c(-c3cc(-c4ccccc4)nc(-c4ccccc4)n3)ccc3oc4ccccc4c23)cc1. The van der Waals surface area contributed by atoms with Crippen LogP contribution in [-0.4, -0.2) is 9.97 Å². The first kappa shape index (κ1) is 22.7. The summed E-state index contributed by atoms with van der Waals surface area (Å²) in [6, 6.07) is 42.2. The van der Waals surface area contributed by atoms with Crippen molar-refractivity contribution in [2.45, 2.75) is 0 Å². The summed E-state index contributed by atoms with van der Waals surface area (Å²) in [6.45, 7) is 7.41. The molecule has 0 fully saturated rings. The predicted octanol–water partition coefficient (Wildman–Crippen LogP) is 9.59. The van der Waals surface area contributed by atoms with Gasteiger partial charge in [0.2, 0.25) is 0 Å². The van der Waals surface area contributed by atoms with Crippen LogP contribution in [-0.2, 0) is 0 Å². The molecule has 7 aromatic rings. The van der Waals surface area contributed by atoms with E-state index in [4.69, 9.17) is 21.0 Å². The van der Waals surface area contributed by atoms with Gasteiger partial charge in [0.15, 0.2) is 11.5 Å². The minimum Gasteiger partial charge on any atom is -0.456 e. The second-order valence-corrected chi connectivity index (χ2v) is 9.31. The molecule has 0 bridgehead atoms. The van der Waals surface area contributed by atoms with Crippen molar-refractivity contribution in [3.8, 4) is 45.0 Å². The number of hydrogen-bond donors (Lipinski definition) is 0. The number of para-hydroxylation sites is 1. The van der Waals surface area contributed by atoms with Gasteiger partial charge in [-0.05, 0) is 29.8 Å². The van der Waals surface area contributed by atoms with E-state index in [1.54, 1.807) is 0 Å². The maximum Gasteiger partial charge on any atom is 0.187 e. The number of benzene rings is 5. The van der Waals surface area contributed by atoms with Gasteiger partial charge in [-0.3, -0.25) is 0 Å². The lowest BCUT2D eigenvalue weighted by Gasteiger charge is -2.14. The molecule has 0 N–H and O–H groups in total. The molecule has 0 saturated heterocycles. The van der Waals surface area contributed by atoms with Gasteiger partial charge in [-0.1, -0.05) is 103 Å². The molecule has 7 rings (SSSR count). The summed E-state index contributed by atoms with van der Waals surface area (Å²) in [4.78, 5) is 13.7. The molecule has 4 nitrogen and oxygen atoms in total. The highest BCUT2D eigenvalue weighted by Crippen LogP contribution is 2.43. The Hall–Kier alpha value is -5.53. The van der Waals surface area contributed by atoms with Crippen LogP contribution in [0.5, 0.6) is 0 Å². The van der Waals surface area contributed by atoms with E-state index < -0.39 is 0 Å². The Morgan fingerprint density at radius 3 is 1.97 bits per heavy atom. The van der Waals surface area contributed by atoms with E-state index in [-0.39, 0.29) is 0 Å². The molecule has 0 amide bonds. The van der Waals surface area contributed by atoms with Gasteiger partial charge in [-0.2, -0.15) is 0 Å². The standard InChI is InChI=1S/C35H21N3O/c1-36-26-18-16-24(17-19-26)33-27(20-21-32-34(33)28-14-8-9-15-31(28)39-32)30-22-29(23-10-4-2-5-11-23)37-35(38-30)25-12-6-3-7-13-25/h2-22H. The van der Waals surface area contributed by atoms with Crippen LogP contribution >= 0.6 is 0 Å². The zero-order valence-electron chi connectivity index (χ0n) is 20.9. The van der Waals surface area contributed by atoms with E-state index in [9.17, 15) is 0 Å². The van der Waals surface area contributed by atoms with Crippen molar-refractivity contribution in [3.63, 3.8) is 0 Å². The van der Waals surface area contributed by atoms with Crippen LogP contribution in [0.25, 0.3) is 71.8 Å². The summed E-state index contributed by atoms with van der Waals surface area (Å²) in [7, 11) is 0. The molecule has 39 heavy (non-hydrogen) atoms. The van der Waals surface area contributed by atoms with Crippen molar-refractivity contribution < 1.29 is 4.42 Å². The number of hydrogen-bond acceptors (Lipinski definition) is 3. The van der Waals surface area contributed by atoms with Crippen molar-refractivity contribution in [2.75, 3.05) is 0 Å². The average Bonchev–Trinajstić information content (AvgIpc) is 3.40. The van der Waals surface area contributed by atoms with E-state index >= 15 is 0 Å². The van der Waals surface area contributed by atoms with Gasteiger partial charge in [0.25, 0.3) is 0 Å². The van der Waals surface area contributed by atoms with E-state index in [0.29, 0.717) is 11.5 Å². The summed E-state index contributed by atoms with van der Waals surface area (Å²) >= 11 is 0. The fraction of sp³-hybridized carbons (Fsp3) is 0. The fourth-order valence-corrected chi connectivity index (χ4v) is 5.09. The summed E-state index contributed by atoms with van der Waals surface area (Å²) in [5.74, 6) is 0.665. The second-order valence-electron chi connectivity index (χ2n) is 9.31. The van der Waals surface area contributed by atoms with E-state index in [2.05, 4.69) is 35.2 Å². The maximum atomic E-state index is 7.41. The van der Waals surface area contributed by atoms with Crippen molar-refractivity contribution >= 4 is 27.6 Å². The Bertz CT molecular complexity index is 1940. The van der Waals surface area contributed by atoms with Gasteiger partial charge < -0.3 is 4.42 Å². The zero-order valence-corrected chi connectivity index (χ0v) is 20.9. The summed E-state index contributed by atoms with van der Waals surface area (Å²) in [5.41, 5.74) is 8.88. The number of fused-ring (bicyclic) bond motifs is 3. The maximum absolute atomic E-state index is 7.41. The van der Waals surface area contributed by atoms with Crippen LogP contribution in [0.2, 0.25) is 0 Å². The Morgan fingerprint density at radius 2 is 1.23 bits per heavy atom. The Kier molecular flexibility index (Phi) is 5.46. The molecule has 182 valence electrons. The van der Waals surface area contributed by atoms with Crippen LogP contribution in [0.15, 0.2) is 132 Å². The lowest BCUT2D eigenvalue weighted by molar-refractivity contribution is 0.669. The first-order valence-electron chi connectivity index (χ1n) is 12.7. The van der Waals surface area contributed by atoms with Crippen LogP contribution < -0.4 is 0 Å². The second kappa shape index (κ2) is 9.41. The molecule has 0 spiro atoms. The van der Waals surface area contributed by atoms with Crippen molar-refractivity contribution in [2.24, 2.45) is 0 Å². The van der Waals surface area contributed by atoms with E-state index in [1.165, 1.54) is 0 Å². The Balaban J connectivity index is 1.56. The molecule has 4 heteroatoms. The van der Waals surface area contributed by atoms with Crippen LogP contribution in [0.4, 0.5) is 5.69 Å². The van der Waals surface area contributed by atoms with Gasteiger partial charge in [-0.25, -0.2) is 14.8 Å². The van der Waals surface area contributed by atoms with Gasteiger partial charge in [0.1, 0.15) is 11.2 Å². The molecule has 0 unspecified atom stereocenters. The normalized spacial score (nSPS) is 11.1. The average molecular weight is 500 g/mol. The lowest BCUT2D eigenvalue weighted by Crippen LogP contribution is -1.97. The summed E-state index contributed by atoms with van der Waals surface area (Å²) in [5, 5.41) is 2.07. The molecular weight excluding hydrogens is 478 g/mol. The minimum atomic E-state index is 0.601. The highest BCUT2D eigenvalue weighted by atomic mass is 16.3. The number of furan rings is 1. The lowest BCUT2D eigenvalue weighted by atomic mass is 9.92. The number of aromatic nitrogens is 2. The molecule has 0 aliphatic rings. The number of rotatable bonds is 4. The van der Waals surface area contributed by atoms with Gasteiger partial charge in [0, 0.05) is 33.0 Å². The van der Waals surface area contributed by atoms with Crippen molar-refractivity contribution in [1.82, 2.24) is 9.97 Å². The van der Waals surface area contributed by atoms with Gasteiger partial charge in [-0.15, -0.1) is 0 Å². The first-order chi connectivity index (χ1) is 19.3. The molecular formula is C35H21N3O. The Labute approximate surface area is 225 Å². The predicted molar refractivity (Wildman–Crippen MR) is 157 cm³/mol. The van der Waals surface area contributed by atoms with Crippen LogP contribution in [0, 0.1) is 6.57 Å². The van der Waals surface area contributed by atoms with Crippen molar-refractivity contribution in [3.05, 3.63) is 139 Å². The smallest absolute Gasteiger partial charge is 0.187 e. The molecule has 0 aliphatic carbocycles. The number of nitrogens with zero attached hydrogens (tertiary/aromatic N) is 3. The molecule has 0 saturated carbocycles. The third kappa shape index (κ3) is 4.03. The summed E-state index contributed by atoms with van der Waals surface area (Å²) in [6.07, 6.45) is 0. The third-order valence-electron chi connectivity index (χ3n) is 6.93. The largest absolute Gasteiger partial charge is 0.456 e. The zero-order chi connectivity index (χ0) is 26.2. The highest BCUT2D eigenvalue weighted by molar-refractivity contribution is 6.15. The molecule has 0 radical (unpaired) electrons. The van der Waals surface area contributed by atoms with Crippen LogP contribution in [0.3, 0.4) is 0 Å². The third-order valence-corrected chi connectivity index (χ3v) is 6.93. The first-order valence-corrected chi connectivity index (χ1v) is 12.7. The molecule has 0 atom stereocenters. The van der Waals surface area contributed by atoms with E-state index in [1.807, 2.05) is 97.1 Å². The minimum absolute atomic E-state index is 0.601. The summed E-state index contributed by atoms with van der Waals surface area (Å²) < 4.78 is 6.26. The van der Waals surface area contributed by atoms with Crippen molar-refractivity contribution in [1.29, 1.82) is 0 Å². The molecule has 5 aromatic carbocycles. The highest BCUT2D eigenvalue weighted by Gasteiger charge is 2.20. The van der Waals surface area contributed by atoms with Gasteiger partial charge in [0.05, 0.1) is 18.0 Å². The van der Waals surface area contributed by atoms with E-state index in [0.717, 1.165) is 61.1 Å². The topological polar surface area (TPSA) is 43.3 Å². The fourth-order valence-electron chi connectivity index (χ4n) is 5.09. The van der Waals surface area contributed by atoms with Gasteiger partial charge >= 0.3 is 0 Å². The van der Waals surface area contributed by atoms with Crippen LogP contribution in [0.1, 0.15) is 0 Å². The molecule has 2 heterocycles. The quantitative estimate of drug-likeness (QED) is 0.226. The molecule has 2 aromatic heterocycles.